The van der Waals surface area contributed by atoms with Crippen molar-refractivity contribution in [1.82, 2.24) is 10.2 Å². The van der Waals surface area contributed by atoms with Crippen molar-refractivity contribution < 1.29 is 18.0 Å². The van der Waals surface area contributed by atoms with Gasteiger partial charge in [0.05, 0.1) is 11.9 Å². The third-order valence-electron chi connectivity index (χ3n) is 6.51. The number of carbonyl (C=O) groups excluding carboxylic acids is 2. The van der Waals surface area contributed by atoms with Gasteiger partial charge in [0.1, 0.15) is 12.6 Å². The van der Waals surface area contributed by atoms with Crippen LogP contribution in [0.4, 0.5) is 5.69 Å². The van der Waals surface area contributed by atoms with Crippen molar-refractivity contribution in [3.63, 3.8) is 0 Å². The molecule has 1 fully saturated rings. The Labute approximate surface area is 227 Å². The van der Waals surface area contributed by atoms with Gasteiger partial charge >= 0.3 is 0 Å². The highest BCUT2D eigenvalue weighted by atomic mass is 79.9. The number of amides is 2. The zero-order valence-corrected chi connectivity index (χ0v) is 24.0. The summed E-state index contributed by atoms with van der Waals surface area (Å²) < 4.78 is 27.3. The Hall–Kier alpha value is -2.10. The third kappa shape index (κ3) is 7.70. The van der Waals surface area contributed by atoms with Crippen molar-refractivity contribution in [3.05, 3.63) is 63.1 Å². The standard InChI is InChI=1S/C26H33BrClN3O4S/c1-18-9-14-23(15-24(18)28)31(36(3,34)35)17-25(32)30(16-20-10-12-21(27)13-11-20)19(2)26(33)29-22-7-5-4-6-8-22/h9-15,19,22H,4-8,16-17H2,1-3H3,(H,29,33)/t19-/m0/s1. The summed E-state index contributed by atoms with van der Waals surface area (Å²) in [6.45, 7) is 3.21. The van der Waals surface area contributed by atoms with E-state index in [0.717, 1.165) is 51.8 Å². The number of hydrogen-bond acceptors (Lipinski definition) is 4. The van der Waals surface area contributed by atoms with Gasteiger partial charge in [-0.1, -0.05) is 65.0 Å². The van der Waals surface area contributed by atoms with Crippen LogP contribution in [0.5, 0.6) is 0 Å². The molecule has 0 aliphatic heterocycles. The molecule has 196 valence electrons. The Morgan fingerprint density at radius 3 is 2.33 bits per heavy atom. The lowest BCUT2D eigenvalue weighted by molar-refractivity contribution is -0.139. The number of rotatable bonds is 9. The first-order valence-corrected chi connectivity index (χ1v) is 15.1. The van der Waals surface area contributed by atoms with Crippen molar-refractivity contribution in [2.75, 3.05) is 17.1 Å². The molecule has 0 spiro atoms. The van der Waals surface area contributed by atoms with E-state index >= 15 is 0 Å². The van der Waals surface area contributed by atoms with Crippen LogP contribution in [0.25, 0.3) is 0 Å². The molecule has 0 bridgehead atoms. The summed E-state index contributed by atoms with van der Waals surface area (Å²) in [7, 11) is -3.80. The number of hydrogen-bond donors (Lipinski definition) is 1. The Balaban J connectivity index is 1.87. The third-order valence-corrected chi connectivity index (χ3v) is 8.58. The fourth-order valence-corrected chi connectivity index (χ4v) is 5.57. The minimum Gasteiger partial charge on any atom is -0.352 e. The first-order valence-electron chi connectivity index (χ1n) is 12.0. The molecule has 0 saturated heterocycles. The molecule has 1 aliphatic carbocycles. The van der Waals surface area contributed by atoms with Crippen LogP contribution in [-0.2, 0) is 26.2 Å². The van der Waals surface area contributed by atoms with Gasteiger partial charge in [-0.15, -0.1) is 0 Å². The smallest absolute Gasteiger partial charge is 0.244 e. The van der Waals surface area contributed by atoms with Crippen LogP contribution in [0, 0.1) is 6.92 Å². The van der Waals surface area contributed by atoms with E-state index in [1.165, 1.54) is 17.4 Å². The van der Waals surface area contributed by atoms with E-state index in [9.17, 15) is 18.0 Å². The maximum Gasteiger partial charge on any atom is 0.244 e. The van der Waals surface area contributed by atoms with E-state index in [1.54, 1.807) is 19.1 Å². The quantitative estimate of drug-likeness (QED) is 0.438. The molecule has 0 aromatic heterocycles. The number of sulfonamides is 1. The monoisotopic (exact) mass is 597 g/mol. The highest BCUT2D eigenvalue weighted by molar-refractivity contribution is 9.10. The fraction of sp³-hybridized carbons (Fsp3) is 0.462. The molecule has 10 heteroatoms. The summed E-state index contributed by atoms with van der Waals surface area (Å²) in [6.07, 6.45) is 6.21. The maximum atomic E-state index is 13.6. The van der Waals surface area contributed by atoms with Crippen LogP contribution >= 0.6 is 27.5 Å². The zero-order valence-electron chi connectivity index (χ0n) is 20.8. The summed E-state index contributed by atoms with van der Waals surface area (Å²) >= 11 is 9.65. The molecule has 0 unspecified atom stereocenters. The van der Waals surface area contributed by atoms with Crippen molar-refractivity contribution in [1.29, 1.82) is 0 Å². The second-order valence-corrected chi connectivity index (χ2v) is 12.6. The SMILES string of the molecule is Cc1ccc(N(CC(=O)N(Cc2ccc(Br)cc2)[C@@H](C)C(=O)NC2CCCCC2)S(C)(=O)=O)cc1Cl. The highest BCUT2D eigenvalue weighted by Crippen LogP contribution is 2.25. The molecule has 7 nitrogen and oxygen atoms in total. The molecule has 0 heterocycles. The van der Waals surface area contributed by atoms with Gasteiger partial charge in [0.25, 0.3) is 0 Å². The van der Waals surface area contributed by atoms with Crippen molar-refractivity contribution >= 4 is 55.1 Å². The molecule has 1 aliphatic rings. The van der Waals surface area contributed by atoms with Crippen LogP contribution in [0.2, 0.25) is 5.02 Å². The molecule has 1 saturated carbocycles. The van der Waals surface area contributed by atoms with Gasteiger partial charge in [-0.25, -0.2) is 8.42 Å². The average Bonchev–Trinajstić information content (AvgIpc) is 2.83. The minimum absolute atomic E-state index is 0.0977. The lowest BCUT2D eigenvalue weighted by atomic mass is 9.95. The van der Waals surface area contributed by atoms with Gasteiger partial charge < -0.3 is 10.2 Å². The molecular formula is C26H33BrClN3O4S. The molecule has 1 N–H and O–H groups in total. The molecule has 2 aromatic carbocycles. The zero-order chi connectivity index (χ0) is 26.5. The first-order chi connectivity index (χ1) is 17.0. The fourth-order valence-electron chi connectivity index (χ4n) is 4.29. The number of nitrogens with zero attached hydrogens (tertiary/aromatic N) is 2. The summed E-state index contributed by atoms with van der Waals surface area (Å²) in [5, 5.41) is 3.49. The van der Waals surface area contributed by atoms with Gasteiger partial charge in [0, 0.05) is 22.1 Å². The van der Waals surface area contributed by atoms with Crippen LogP contribution in [0.3, 0.4) is 0 Å². The lowest BCUT2D eigenvalue weighted by Crippen LogP contribution is -2.52. The first kappa shape index (κ1) is 28.5. The van der Waals surface area contributed by atoms with E-state index < -0.39 is 28.5 Å². The molecule has 1 atom stereocenters. The number of halogens is 2. The van der Waals surface area contributed by atoms with Crippen LogP contribution in [-0.4, -0.2) is 50.0 Å². The Kier molecular flexibility index (Phi) is 9.83. The van der Waals surface area contributed by atoms with E-state index in [4.69, 9.17) is 11.6 Å². The van der Waals surface area contributed by atoms with E-state index in [0.29, 0.717) is 10.7 Å². The second-order valence-electron chi connectivity index (χ2n) is 9.37. The van der Waals surface area contributed by atoms with E-state index in [-0.39, 0.29) is 18.5 Å². The summed E-state index contributed by atoms with van der Waals surface area (Å²) in [5.74, 6) is -0.719. The number of aryl methyl sites for hydroxylation is 1. The summed E-state index contributed by atoms with van der Waals surface area (Å²) in [5.41, 5.74) is 1.92. The topological polar surface area (TPSA) is 86.8 Å². The maximum absolute atomic E-state index is 13.6. The predicted octanol–water partition coefficient (Wildman–Crippen LogP) is 5.04. The Morgan fingerprint density at radius 1 is 1.11 bits per heavy atom. The molecular weight excluding hydrogens is 566 g/mol. The average molecular weight is 599 g/mol. The summed E-state index contributed by atoms with van der Waals surface area (Å²) in [6, 6.07) is 11.6. The largest absolute Gasteiger partial charge is 0.352 e. The normalized spacial score (nSPS) is 15.2. The number of carbonyl (C=O) groups is 2. The van der Waals surface area contributed by atoms with Gasteiger partial charge in [-0.3, -0.25) is 13.9 Å². The van der Waals surface area contributed by atoms with E-state index in [1.807, 2.05) is 31.2 Å². The number of anilines is 1. The molecule has 2 aromatic rings. The molecule has 2 amide bonds. The second kappa shape index (κ2) is 12.4. The van der Waals surface area contributed by atoms with Gasteiger partial charge in [0.2, 0.25) is 21.8 Å². The molecule has 0 radical (unpaired) electrons. The van der Waals surface area contributed by atoms with Gasteiger partial charge in [-0.05, 0) is 62.1 Å². The Bertz CT molecular complexity index is 1180. The van der Waals surface area contributed by atoms with Gasteiger partial charge in [0.15, 0.2) is 0 Å². The Morgan fingerprint density at radius 2 is 1.75 bits per heavy atom. The molecule has 3 rings (SSSR count). The number of nitrogens with one attached hydrogen (secondary N) is 1. The van der Waals surface area contributed by atoms with Crippen molar-refractivity contribution in [2.24, 2.45) is 0 Å². The number of benzene rings is 2. The minimum atomic E-state index is -3.80. The highest BCUT2D eigenvalue weighted by Gasteiger charge is 2.31. The predicted molar refractivity (Wildman–Crippen MR) is 148 cm³/mol. The van der Waals surface area contributed by atoms with Crippen LogP contribution in [0.1, 0.15) is 50.2 Å². The van der Waals surface area contributed by atoms with Crippen molar-refractivity contribution in [3.8, 4) is 0 Å². The van der Waals surface area contributed by atoms with E-state index in [2.05, 4.69) is 21.2 Å². The van der Waals surface area contributed by atoms with Crippen LogP contribution < -0.4 is 9.62 Å². The molecule has 36 heavy (non-hydrogen) atoms. The van der Waals surface area contributed by atoms with Gasteiger partial charge in [-0.2, -0.15) is 0 Å². The van der Waals surface area contributed by atoms with Crippen molar-refractivity contribution in [2.45, 2.75) is 64.6 Å². The lowest BCUT2D eigenvalue weighted by Gasteiger charge is -2.33. The summed E-state index contributed by atoms with van der Waals surface area (Å²) in [4.78, 5) is 28.2. The van der Waals surface area contributed by atoms with Crippen LogP contribution in [0.15, 0.2) is 46.9 Å².